The molecule has 2 rings (SSSR count). The fourth-order valence-electron chi connectivity index (χ4n) is 2.16. The van der Waals surface area contributed by atoms with Crippen LogP contribution >= 0.6 is 0 Å². The maximum atomic E-state index is 13.5. The van der Waals surface area contributed by atoms with Crippen LogP contribution in [-0.4, -0.2) is 42.9 Å². The number of rotatable bonds is 8. The van der Waals surface area contributed by atoms with E-state index in [9.17, 15) is 18.4 Å². The topological polar surface area (TPSA) is 61.4 Å². The number of halogens is 2. The molecular weight excluding hydrogens is 304 g/mol. The summed E-state index contributed by atoms with van der Waals surface area (Å²) in [7, 11) is 0. The average Bonchev–Trinajstić information content (AvgIpc) is 3.33. The van der Waals surface area contributed by atoms with Gasteiger partial charge in [0, 0.05) is 6.54 Å². The number of anilines is 1. The summed E-state index contributed by atoms with van der Waals surface area (Å²) in [5.74, 6) is -1.88. The molecule has 7 heteroatoms. The highest BCUT2D eigenvalue weighted by molar-refractivity contribution is 5.95. The van der Waals surface area contributed by atoms with Crippen molar-refractivity contribution in [2.75, 3.05) is 31.5 Å². The average molecular weight is 325 g/mol. The molecule has 126 valence electrons. The molecule has 0 atom stereocenters. The summed E-state index contributed by atoms with van der Waals surface area (Å²) in [6, 6.07) is 3.33. The van der Waals surface area contributed by atoms with Crippen molar-refractivity contribution in [1.82, 2.24) is 10.2 Å². The van der Waals surface area contributed by atoms with Crippen LogP contribution in [0.3, 0.4) is 0 Å². The first-order valence-corrected chi connectivity index (χ1v) is 7.73. The van der Waals surface area contributed by atoms with E-state index in [1.54, 1.807) is 6.92 Å². The molecule has 1 fully saturated rings. The van der Waals surface area contributed by atoms with Gasteiger partial charge >= 0.3 is 0 Å². The zero-order valence-electron chi connectivity index (χ0n) is 13.1. The summed E-state index contributed by atoms with van der Waals surface area (Å²) in [5.41, 5.74) is -0.493. The van der Waals surface area contributed by atoms with E-state index in [-0.39, 0.29) is 19.0 Å². The van der Waals surface area contributed by atoms with E-state index in [0.717, 1.165) is 18.7 Å². The molecule has 1 saturated carbocycles. The van der Waals surface area contributed by atoms with Crippen LogP contribution in [0.25, 0.3) is 0 Å². The van der Waals surface area contributed by atoms with Gasteiger partial charge in [-0.1, -0.05) is 6.07 Å². The van der Waals surface area contributed by atoms with Crippen molar-refractivity contribution in [3.63, 3.8) is 0 Å². The van der Waals surface area contributed by atoms with E-state index < -0.39 is 23.2 Å². The lowest BCUT2D eigenvalue weighted by atomic mass is 10.3. The third kappa shape index (κ3) is 5.28. The zero-order valence-corrected chi connectivity index (χ0v) is 13.1. The standard InChI is InChI=1S/C16H21F2N3O2/c1-2-21(15(23)9-19-8-11-6-7-11)10-14(22)20-16-12(17)4-3-5-13(16)18/h3-5,11,19H,2,6-10H2,1H3,(H,20,22). The Morgan fingerprint density at radius 3 is 2.48 bits per heavy atom. The Balaban J connectivity index is 1.84. The highest BCUT2D eigenvalue weighted by atomic mass is 19.1. The number of nitrogens with one attached hydrogen (secondary N) is 2. The number of benzene rings is 1. The summed E-state index contributed by atoms with van der Waals surface area (Å²) < 4.78 is 27.0. The Hall–Kier alpha value is -2.02. The smallest absolute Gasteiger partial charge is 0.244 e. The summed E-state index contributed by atoms with van der Waals surface area (Å²) in [6.07, 6.45) is 2.38. The Bertz CT molecular complexity index is 556. The first-order chi connectivity index (χ1) is 11.0. The number of carbonyl (C=O) groups is 2. The van der Waals surface area contributed by atoms with Crippen molar-refractivity contribution >= 4 is 17.5 Å². The van der Waals surface area contributed by atoms with Crippen LogP contribution < -0.4 is 10.6 Å². The number of hydrogen-bond acceptors (Lipinski definition) is 3. The summed E-state index contributed by atoms with van der Waals surface area (Å²) in [5, 5.41) is 5.24. The molecule has 0 aliphatic heterocycles. The SMILES string of the molecule is CCN(CC(=O)Nc1c(F)cccc1F)C(=O)CNCC1CC1. The minimum Gasteiger partial charge on any atom is -0.333 e. The fourth-order valence-corrected chi connectivity index (χ4v) is 2.16. The normalized spacial score (nSPS) is 13.7. The third-order valence-corrected chi connectivity index (χ3v) is 3.70. The summed E-state index contributed by atoms with van der Waals surface area (Å²) in [6.45, 7) is 2.81. The molecule has 1 aliphatic rings. The minimum atomic E-state index is -0.848. The zero-order chi connectivity index (χ0) is 16.8. The van der Waals surface area contributed by atoms with Crippen LogP contribution in [0.1, 0.15) is 19.8 Å². The van der Waals surface area contributed by atoms with E-state index >= 15 is 0 Å². The molecule has 0 radical (unpaired) electrons. The Morgan fingerprint density at radius 1 is 1.26 bits per heavy atom. The van der Waals surface area contributed by atoms with Gasteiger partial charge in [0.05, 0.1) is 13.1 Å². The van der Waals surface area contributed by atoms with Gasteiger partial charge < -0.3 is 15.5 Å². The lowest BCUT2D eigenvalue weighted by Gasteiger charge is -2.20. The second-order valence-corrected chi connectivity index (χ2v) is 5.63. The van der Waals surface area contributed by atoms with Gasteiger partial charge in [-0.25, -0.2) is 8.78 Å². The Labute approximate surface area is 134 Å². The van der Waals surface area contributed by atoms with E-state index in [0.29, 0.717) is 12.5 Å². The van der Waals surface area contributed by atoms with Crippen molar-refractivity contribution in [2.24, 2.45) is 5.92 Å². The summed E-state index contributed by atoms with van der Waals surface area (Å²) >= 11 is 0. The van der Waals surface area contributed by atoms with Gasteiger partial charge in [0.2, 0.25) is 11.8 Å². The number of hydrogen-bond donors (Lipinski definition) is 2. The number of amides is 2. The molecule has 1 aliphatic carbocycles. The lowest BCUT2D eigenvalue weighted by molar-refractivity contribution is -0.133. The van der Waals surface area contributed by atoms with E-state index in [1.165, 1.54) is 23.8 Å². The van der Waals surface area contributed by atoms with Crippen LogP contribution in [0, 0.1) is 17.6 Å². The maximum Gasteiger partial charge on any atom is 0.244 e. The molecule has 0 bridgehead atoms. The predicted molar refractivity (Wildman–Crippen MR) is 82.8 cm³/mol. The molecule has 2 amide bonds. The monoisotopic (exact) mass is 325 g/mol. The molecule has 5 nitrogen and oxygen atoms in total. The molecule has 23 heavy (non-hydrogen) atoms. The molecule has 0 unspecified atom stereocenters. The molecule has 0 spiro atoms. The van der Waals surface area contributed by atoms with Crippen molar-refractivity contribution in [3.8, 4) is 0 Å². The first kappa shape index (κ1) is 17.3. The van der Waals surface area contributed by atoms with Gasteiger partial charge in [0.25, 0.3) is 0 Å². The molecular formula is C16H21F2N3O2. The quantitative estimate of drug-likeness (QED) is 0.765. The van der Waals surface area contributed by atoms with Crippen LogP contribution in [0.2, 0.25) is 0 Å². The molecule has 1 aromatic carbocycles. The van der Waals surface area contributed by atoms with Crippen molar-refractivity contribution in [3.05, 3.63) is 29.8 Å². The van der Waals surface area contributed by atoms with E-state index in [2.05, 4.69) is 10.6 Å². The van der Waals surface area contributed by atoms with E-state index in [1.807, 2.05) is 0 Å². The van der Waals surface area contributed by atoms with Gasteiger partial charge in [0.15, 0.2) is 0 Å². The minimum absolute atomic E-state index is 0.158. The maximum absolute atomic E-state index is 13.5. The van der Waals surface area contributed by atoms with Gasteiger partial charge in [0.1, 0.15) is 17.3 Å². The van der Waals surface area contributed by atoms with Gasteiger partial charge in [-0.3, -0.25) is 9.59 Å². The first-order valence-electron chi connectivity index (χ1n) is 7.73. The molecule has 0 saturated heterocycles. The molecule has 0 aromatic heterocycles. The summed E-state index contributed by atoms with van der Waals surface area (Å²) in [4.78, 5) is 25.3. The number of carbonyl (C=O) groups excluding carboxylic acids is 2. The van der Waals surface area contributed by atoms with Crippen LogP contribution in [-0.2, 0) is 9.59 Å². The van der Waals surface area contributed by atoms with Crippen molar-refractivity contribution in [2.45, 2.75) is 19.8 Å². The second-order valence-electron chi connectivity index (χ2n) is 5.63. The van der Waals surface area contributed by atoms with Crippen molar-refractivity contribution < 1.29 is 18.4 Å². The van der Waals surface area contributed by atoms with Crippen LogP contribution in [0.15, 0.2) is 18.2 Å². The number of nitrogens with zero attached hydrogens (tertiary/aromatic N) is 1. The lowest BCUT2D eigenvalue weighted by Crippen LogP contribution is -2.42. The van der Waals surface area contributed by atoms with Crippen LogP contribution in [0.4, 0.5) is 14.5 Å². The Kier molecular flexibility index (Phi) is 6.04. The Morgan fingerprint density at radius 2 is 1.91 bits per heavy atom. The van der Waals surface area contributed by atoms with E-state index in [4.69, 9.17) is 0 Å². The second kappa shape index (κ2) is 8.01. The third-order valence-electron chi connectivity index (χ3n) is 3.70. The van der Waals surface area contributed by atoms with Gasteiger partial charge in [-0.2, -0.15) is 0 Å². The van der Waals surface area contributed by atoms with Gasteiger partial charge in [-0.05, 0) is 44.4 Å². The number of para-hydroxylation sites is 1. The predicted octanol–water partition coefficient (Wildman–Crippen LogP) is 1.75. The highest BCUT2D eigenvalue weighted by Gasteiger charge is 2.22. The van der Waals surface area contributed by atoms with Gasteiger partial charge in [-0.15, -0.1) is 0 Å². The molecule has 0 heterocycles. The molecule has 2 N–H and O–H groups in total. The molecule has 1 aromatic rings. The largest absolute Gasteiger partial charge is 0.333 e. The fraction of sp³-hybridized carbons (Fsp3) is 0.500. The van der Waals surface area contributed by atoms with Crippen molar-refractivity contribution in [1.29, 1.82) is 0 Å². The number of likely N-dealkylation sites (N-methyl/N-ethyl adjacent to an activating group) is 1. The van der Waals surface area contributed by atoms with Crippen LogP contribution in [0.5, 0.6) is 0 Å². The highest BCUT2D eigenvalue weighted by Crippen LogP contribution is 2.27.